The van der Waals surface area contributed by atoms with Crippen LogP contribution in [0.4, 0.5) is 0 Å². The summed E-state index contributed by atoms with van der Waals surface area (Å²) < 4.78 is 0. The van der Waals surface area contributed by atoms with E-state index in [1.165, 1.54) is 0 Å². The molecule has 0 aliphatic heterocycles. The molecule has 4 heteroatoms. The van der Waals surface area contributed by atoms with E-state index in [0.717, 1.165) is 0 Å². The second-order valence-corrected chi connectivity index (χ2v) is 6.75. The van der Waals surface area contributed by atoms with Crippen molar-refractivity contribution in [2.24, 2.45) is 0 Å². The minimum atomic E-state index is -0.250. The molecule has 0 rings (SSSR count). The van der Waals surface area contributed by atoms with Gasteiger partial charge in [0.1, 0.15) is 0 Å². The van der Waals surface area contributed by atoms with Gasteiger partial charge >= 0.3 is 9.90 Å². The van der Waals surface area contributed by atoms with Crippen molar-refractivity contribution in [3.8, 4) is 0 Å². The molecule has 0 aliphatic rings. The van der Waals surface area contributed by atoms with Crippen molar-refractivity contribution in [3.63, 3.8) is 0 Å². The van der Waals surface area contributed by atoms with E-state index in [-0.39, 0.29) is 26.5 Å². The molecular formula is C12H30N3P. The van der Waals surface area contributed by atoms with Gasteiger partial charge in [0.2, 0.25) is 0 Å². The summed E-state index contributed by atoms with van der Waals surface area (Å²) in [6.07, 6.45) is 0. The van der Waals surface area contributed by atoms with Gasteiger partial charge in [0.15, 0.2) is 0 Å². The molecule has 0 aromatic rings. The number of rotatable bonds is 0. The zero-order valence-corrected chi connectivity index (χ0v) is 13.3. The maximum absolute atomic E-state index is 6.94. The molecule has 0 aromatic heterocycles. The molecule has 16 heavy (non-hydrogen) atoms. The van der Waals surface area contributed by atoms with E-state index >= 15 is 0 Å². The molecule has 0 spiro atoms. The quantitative estimate of drug-likeness (QED) is 0.446. The molecule has 0 unspecified atom stereocenters. The third-order valence-electron chi connectivity index (χ3n) is 0. The Morgan fingerprint density at radius 1 is 0.438 bits per heavy atom. The van der Waals surface area contributed by atoms with E-state index in [4.69, 9.17) is 17.2 Å². The van der Waals surface area contributed by atoms with E-state index in [0.29, 0.717) is 0 Å². The van der Waals surface area contributed by atoms with Gasteiger partial charge < -0.3 is 17.2 Å². The summed E-state index contributed by atoms with van der Waals surface area (Å²) in [7, 11) is 0. The van der Waals surface area contributed by atoms with Gasteiger partial charge in [-0.3, -0.25) is 0 Å². The average Bonchev–Trinajstić information content (AvgIpc) is 1.41. The van der Waals surface area contributed by atoms with E-state index in [1.807, 2.05) is 62.3 Å². The fourth-order valence-electron chi connectivity index (χ4n) is 0. The minimum absolute atomic E-state index is 0. The standard InChI is InChI=1S/3C4H10N.P/c3*1-4(2,3)5;/h3*5H,1-3H3;/q3*-1;+3. The third-order valence-corrected chi connectivity index (χ3v) is 0. The number of hydrogen-bond acceptors (Lipinski definition) is 0. The van der Waals surface area contributed by atoms with Crippen LogP contribution < -0.4 is 0 Å². The summed E-state index contributed by atoms with van der Waals surface area (Å²) in [5, 5.41) is 0. The Labute approximate surface area is 107 Å². The molecule has 0 aliphatic carbocycles. The summed E-state index contributed by atoms with van der Waals surface area (Å²) >= 11 is 0. The first-order valence-corrected chi connectivity index (χ1v) is 5.25. The van der Waals surface area contributed by atoms with Gasteiger partial charge in [0.25, 0.3) is 0 Å². The van der Waals surface area contributed by atoms with Crippen LogP contribution in [0, 0.1) is 0 Å². The molecule has 3 nitrogen and oxygen atoms in total. The van der Waals surface area contributed by atoms with Crippen molar-refractivity contribution in [2.75, 3.05) is 0 Å². The number of nitrogens with one attached hydrogen (secondary N) is 3. The molecule has 0 atom stereocenters. The van der Waals surface area contributed by atoms with Crippen LogP contribution in [0.1, 0.15) is 62.3 Å². The Kier molecular flexibility index (Phi) is 14.7. The molecule has 0 amide bonds. The first-order valence-electron chi connectivity index (χ1n) is 5.25. The van der Waals surface area contributed by atoms with Gasteiger partial charge in [-0.2, -0.15) is 0 Å². The van der Waals surface area contributed by atoms with Crippen molar-refractivity contribution >= 4 is 9.90 Å². The molecule has 0 saturated carbocycles. The number of hydrogen-bond donors (Lipinski definition) is 0. The second kappa shape index (κ2) is 9.35. The van der Waals surface area contributed by atoms with Crippen LogP contribution in [-0.4, -0.2) is 16.6 Å². The molecule has 0 bridgehead atoms. The zero-order valence-electron chi connectivity index (χ0n) is 12.4. The van der Waals surface area contributed by atoms with Gasteiger partial charge in [0.05, 0.1) is 0 Å². The molecule has 0 fully saturated rings. The molecule has 3 N–H and O–H groups in total. The van der Waals surface area contributed by atoms with Crippen LogP contribution in [0.5, 0.6) is 0 Å². The third kappa shape index (κ3) is 26400. The Bertz CT molecular complexity index is 91.3. The van der Waals surface area contributed by atoms with Crippen molar-refractivity contribution in [2.45, 2.75) is 78.9 Å². The molecule has 0 aromatic carbocycles. The van der Waals surface area contributed by atoms with Gasteiger partial charge in [-0.25, -0.2) is 0 Å². The zero-order chi connectivity index (χ0) is 13.5. The smallest absolute Gasteiger partial charge is 0.673 e. The van der Waals surface area contributed by atoms with Crippen LogP contribution in [0.2, 0.25) is 0 Å². The van der Waals surface area contributed by atoms with Crippen LogP contribution in [0.15, 0.2) is 0 Å². The fraction of sp³-hybridized carbons (Fsp3) is 1.00. The van der Waals surface area contributed by atoms with Crippen molar-refractivity contribution < 1.29 is 0 Å². The monoisotopic (exact) mass is 247 g/mol. The Morgan fingerprint density at radius 2 is 0.438 bits per heavy atom. The van der Waals surface area contributed by atoms with Crippen molar-refractivity contribution in [1.82, 2.24) is 0 Å². The maximum Gasteiger partial charge on any atom is 3.00 e. The van der Waals surface area contributed by atoms with Gasteiger partial charge in [-0.05, 0) is 0 Å². The summed E-state index contributed by atoms with van der Waals surface area (Å²) in [6.45, 7) is 16.7. The van der Waals surface area contributed by atoms with Crippen LogP contribution >= 0.6 is 9.90 Å². The summed E-state index contributed by atoms with van der Waals surface area (Å²) in [4.78, 5) is 0. The van der Waals surface area contributed by atoms with Crippen molar-refractivity contribution in [1.29, 1.82) is 0 Å². The molecule has 0 saturated heterocycles. The molecular weight excluding hydrogens is 217 g/mol. The van der Waals surface area contributed by atoms with Gasteiger partial charge in [-0.15, -0.1) is 16.6 Å². The van der Waals surface area contributed by atoms with E-state index in [9.17, 15) is 0 Å². The minimum Gasteiger partial charge on any atom is -0.673 e. The van der Waals surface area contributed by atoms with Crippen LogP contribution in [0.25, 0.3) is 17.2 Å². The predicted molar refractivity (Wildman–Crippen MR) is 79.1 cm³/mol. The summed E-state index contributed by atoms with van der Waals surface area (Å²) in [6, 6.07) is 0. The van der Waals surface area contributed by atoms with Gasteiger partial charge in [0, 0.05) is 0 Å². The Morgan fingerprint density at radius 3 is 0.438 bits per heavy atom. The molecule has 98 valence electrons. The second-order valence-electron chi connectivity index (χ2n) is 6.75. The topological polar surface area (TPSA) is 71.4 Å². The van der Waals surface area contributed by atoms with Crippen molar-refractivity contribution in [3.05, 3.63) is 17.2 Å². The van der Waals surface area contributed by atoms with Crippen LogP contribution in [0.3, 0.4) is 0 Å². The molecule has 2 radical (unpaired) electrons. The molecule has 0 heterocycles. The van der Waals surface area contributed by atoms with E-state index in [2.05, 4.69) is 0 Å². The summed E-state index contributed by atoms with van der Waals surface area (Å²) in [5.41, 5.74) is 20.1. The van der Waals surface area contributed by atoms with Crippen LogP contribution in [-0.2, 0) is 0 Å². The Hall–Kier alpha value is 0.310. The first-order chi connectivity index (χ1) is 6.00. The first kappa shape index (κ1) is 25.2. The van der Waals surface area contributed by atoms with E-state index < -0.39 is 0 Å². The Balaban J connectivity index is -0.0000000655. The van der Waals surface area contributed by atoms with Gasteiger partial charge in [-0.1, -0.05) is 62.3 Å². The normalized spacial score (nSPS) is 11.2. The maximum atomic E-state index is 6.94. The predicted octanol–water partition coefficient (Wildman–Crippen LogP) is 6.37. The SMILES string of the molecule is CC(C)(C)[NH-].CC(C)(C)[NH-].CC(C)(C)[NH-].[P+3]. The fourth-order valence-corrected chi connectivity index (χ4v) is 0. The average molecular weight is 247 g/mol. The summed E-state index contributed by atoms with van der Waals surface area (Å²) in [5.74, 6) is 0. The van der Waals surface area contributed by atoms with E-state index in [1.54, 1.807) is 0 Å². The largest absolute Gasteiger partial charge is 3.00 e.